The lowest BCUT2D eigenvalue weighted by Gasteiger charge is -2.22. The third kappa shape index (κ3) is 4.67. The Morgan fingerprint density at radius 3 is 2.26 bits per heavy atom. The first-order valence-electron chi connectivity index (χ1n) is 10.5. The molecule has 2 aromatic carbocycles. The van der Waals surface area contributed by atoms with Crippen LogP contribution in [0.1, 0.15) is 52.9 Å². The maximum Gasteiger partial charge on any atom is 0.267 e. The number of carbonyl (C=O) groups is 2. The molecular formula is C25H22Cl2N4O3. The fraction of sp³-hybridized carbons (Fsp3) is 0.240. The minimum absolute atomic E-state index is 0.0380. The molecule has 0 aliphatic carbocycles. The summed E-state index contributed by atoms with van der Waals surface area (Å²) in [5.41, 5.74) is 3.52. The van der Waals surface area contributed by atoms with Crippen LogP contribution in [0.4, 0.5) is 5.95 Å². The quantitative estimate of drug-likeness (QED) is 0.466. The SMILES string of the molecule is CC(=O)N(C(=O)c1ccc(C2=NOC(C)(c3cc(Cl)cc(Cl)c3)C2)cc1C)c1ncc(C)cn1. The van der Waals surface area contributed by atoms with Gasteiger partial charge in [-0.2, -0.15) is 0 Å². The highest BCUT2D eigenvalue weighted by atomic mass is 35.5. The van der Waals surface area contributed by atoms with Gasteiger partial charge in [0.25, 0.3) is 5.91 Å². The van der Waals surface area contributed by atoms with Crippen LogP contribution in [0.2, 0.25) is 10.0 Å². The zero-order chi connectivity index (χ0) is 24.6. The molecular weight excluding hydrogens is 475 g/mol. The number of amides is 2. The fourth-order valence-corrected chi connectivity index (χ4v) is 4.31. The van der Waals surface area contributed by atoms with E-state index in [4.69, 9.17) is 28.0 Å². The van der Waals surface area contributed by atoms with Gasteiger partial charge in [0.05, 0.1) is 5.71 Å². The van der Waals surface area contributed by atoms with Gasteiger partial charge in [-0.25, -0.2) is 14.9 Å². The summed E-state index contributed by atoms with van der Waals surface area (Å²) in [7, 11) is 0. The number of anilines is 1. The number of nitrogens with zero attached hydrogens (tertiary/aromatic N) is 4. The number of benzene rings is 2. The number of halogens is 2. The first-order chi connectivity index (χ1) is 16.1. The highest BCUT2D eigenvalue weighted by molar-refractivity contribution is 6.34. The minimum atomic E-state index is -0.722. The largest absolute Gasteiger partial charge is 0.384 e. The summed E-state index contributed by atoms with van der Waals surface area (Å²) in [5, 5.41) is 5.33. The van der Waals surface area contributed by atoms with E-state index in [0.29, 0.717) is 27.6 Å². The van der Waals surface area contributed by atoms with Crippen molar-refractivity contribution in [3.05, 3.63) is 86.7 Å². The van der Waals surface area contributed by atoms with Gasteiger partial charge in [0.1, 0.15) is 0 Å². The average Bonchev–Trinajstić information content (AvgIpc) is 3.18. The molecule has 4 rings (SSSR count). The molecule has 0 bridgehead atoms. The van der Waals surface area contributed by atoms with Gasteiger partial charge in [-0.15, -0.1) is 0 Å². The number of hydrogen-bond acceptors (Lipinski definition) is 6. The number of imide groups is 1. The van der Waals surface area contributed by atoms with E-state index < -0.39 is 17.4 Å². The maximum atomic E-state index is 13.2. The Bertz CT molecular complexity index is 1300. The number of oxime groups is 1. The van der Waals surface area contributed by atoms with Crippen molar-refractivity contribution in [2.24, 2.45) is 5.16 Å². The van der Waals surface area contributed by atoms with E-state index in [0.717, 1.165) is 27.3 Å². The first kappa shape index (κ1) is 23.9. The molecule has 0 saturated carbocycles. The molecule has 0 radical (unpaired) electrons. The average molecular weight is 497 g/mol. The summed E-state index contributed by atoms with van der Waals surface area (Å²) in [6.07, 6.45) is 3.61. The number of hydrogen-bond donors (Lipinski definition) is 0. The Kier molecular flexibility index (Phi) is 6.43. The maximum absolute atomic E-state index is 13.2. The van der Waals surface area contributed by atoms with Crippen LogP contribution < -0.4 is 4.90 Å². The van der Waals surface area contributed by atoms with Crippen molar-refractivity contribution in [2.45, 2.75) is 39.7 Å². The number of aromatic nitrogens is 2. The van der Waals surface area contributed by atoms with Crippen molar-refractivity contribution < 1.29 is 14.4 Å². The summed E-state index contributed by atoms with van der Waals surface area (Å²) in [4.78, 5) is 40.5. The van der Waals surface area contributed by atoms with E-state index in [1.54, 1.807) is 37.5 Å². The van der Waals surface area contributed by atoms with Crippen LogP contribution in [-0.2, 0) is 15.2 Å². The van der Waals surface area contributed by atoms with E-state index >= 15 is 0 Å². The van der Waals surface area contributed by atoms with E-state index in [1.807, 2.05) is 32.0 Å². The summed E-state index contributed by atoms with van der Waals surface area (Å²) in [6, 6.07) is 10.6. The second kappa shape index (κ2) is 9.16. The molecule has 1 aliphatic rings. The number of aryl methyl sites for hydroxylation is 2. The molecule has 0 fully saturated rings. The van der Waals surface area contributed by atoms with Crippen molar-refractivity contribution in [1.29, 1.82) is 0 Å². The lowest BCUT2D eigenvalue weighted by molar-refractivity contribution is -0.116. The summed E-state index contributed by atoms with van der Waals surface area (Å²) in [6.45, 7) is 6.85. The van der Waals surface area contributed by atoms with E-state index in [9.17, 15) is 9.59 Å². The van der Waals surface area contributed by atoms with Crippen LogP contribution >= 0.6 is 23.2 Å². The molecule has 2 amide bonds. The molecule has 1 aliphatic heterocycles. The molecule has 0 N–H and O–H groups in total. The zero-order valence-corrected chi connectivity index (χ0v) is 20.6. The summed E-state index contributed by atoms with van der Waals surface area (Å²) in [5.74, 6) is -0.929. The molecule has 2 heterocycles. The Labute approximate surface area is 207 Å². The van der Waals surface area contributed by atoms with Gasteiger partial charge in [-0.05, 0) is 67.8 Å². The molecule has 9 heteroatoms. The molecule has 174 valence electrons. The smallest absolute Gasteiger partial charge is 0.267 e. The summed E-state index contributed by atoms with van der Waals surface area (Å²) < 4.78 is 0. The third-order valence-electron chi connectivity index (χ3n) is 5.61. The molecule has 3 aromatic rings. The van der Waals surface area contributed by atoms with Crippen molar-refractivity contribution in [3.8, 4) is 0 Å². The van der Waals surface area contributed by atoms with Crippen LogP contribution in [0.5, 0.6) is 0 Å². The van der Waals surface area contributed by atoms with E-state index in [2.05, 4.69) is 15.1 Å². The number of rotatable bonds is 4. The van der Waals surface area contributed by atoms with Crippen LogP contribution in [0, 0.1) is 13.8 Å². The van der Waals surface area contributed by atoms with Crippen molar-refractivity contribution >= 4 is 46.7 Å². The highest BCUT2D eigenvalue weighted by Gasteiger charge is 2.37. The fourth-order valence-electron chi connectivity index (χ4n) is 3.79. The topological polar surface area (TPSA) is 84.8 Å². The van der Waals surface area contributed by atoms with E-state index in [1.165, 1.54) is 6.92 Å². The van der Waals surface area contributed by atoms with Crippen molar-refractivity contribution in [1.82, 2.24) is 9.97 Å². The molecule has 1 aromatic heterocycles. The van der Waals surface area contributed by atoms with Crippen LogP contribution in [-0.4, -0.2) is 27.5 Å². The molecule has 0 saturated heterocycles. The third-order valence-corrected chi connectivity index (χ3v) is 6.05. The Morgan fingerprint density at radius 1 is 1.03 bits per heavy atom. The predicted octanol–water partition coefficient (Wildman–Crippen LogP) is 5.63. The second-order valence-electron chi connectivity index (χ2n) is 8.44. The molecule has 1 unspecified atom stereocenters. The number of carbonyl (C=O) groups excluding carboxylic acids is 2. The zero-order valence-electron chi connectivity index (χ0n) is 19.1. The van der Waals surface area contributed by atoms with Gasteiger partial charge in [0.15, 0.2) is 5.60 Å². The predicted molar refractivity (Wildman–Crippen MR) is 131 cm³/mol. The molecule has 7 nitrogen and oxygen atoms in total. The van der Waals surface area contributed by atoms with Crippen molar-refractivity contribution in [3.63, 3.8) is 0 Å². The van der Waals surface area contributed by atoms with Crippen LogP contribution in [0.15, 0.2) is 53.9 Å². The first-order valence-corrected chi connectivity index (χ1v) is 11.3. The van der Waals surface area contributed by atoms with Gasteiger partial charge < -0.3 is 4.84 Å². The highest BCUT2D eigenvalue weighted by Crippen LogP contribution is 2.38. The normalized spacial score (nSPS) is 17.2. The minimum Gasteiger partial charge on any atom is -0.384 e. The monoisotopic (exact) mass is 496 g/mol. The molecule has 0 spiro atoms. The van der Waals surface area contributed by atoms with Crippen LogP contribution in [0.3, 0.4) is 0 Å². The summed E-state index contributed by atoms with van der Waals surface area (Å²) >= 11 is 12.3. The lowest BCUT2D eigenvalue weighted by atomic mass is 9.88. The Morgan fingerprint density at radius 2 is 1.68 bits per heavy atom. The molecule has 34 heavy (non-hydrogen) atoms. The van der Waals surface area contributed by atoms with Crippen molar-refractivity contribution in [2.75, 3.05) is 4.90 Å². The second-order valence-corrected chi connectivity index (χ2v) is 9.32. The van der Waals surface area contributed by atoms with E-state index in [-0.39, 0.29) is 5.95 Å². The van der Waals surface area contributed by atoms with Gasteiger partial charge in [-0.1, -0.05) is 34.4 Å². The Balaban J connectivity index is 1.59. The van der Waals surface area contributed by atoms with Gasteiger partial charge >= 0.3 is 0 Å². The van der Waals surface area contributed by atoms with Crippen LogP contribution in [0.25, 0.3) is 0 Å². The van der Waals surface area contributed by atoms with Gasteiger partial charge in [0, 0.05) is 46.9 Å². The lowest BCUT2D eigenvalue weighted by Crippen LogP contribution is -2.37. The Hall–Kier alpha value is -3.29. The van der Waals surface area contributed by atoms with Gasteiger partial charge in [0.2, 0.25) is 11.9 Å². The molecule has 1 atom stereocenters. The standard InChI is InChI=1S/C25H22Cl2N4O3/c1-14-12-28-24(29-13-14)31(16(3)32)23(33)21-6-5-17(7-15(21)2)22-11-25(4,34-30-22)18-8-19(26)10-20(27)9-18/h5-10,12-13H,11H2,1-4H3. The van der Waals surface area contributed by atoms with Gasteiger partial charge in [-0.3, -0.25) is 9.59 Å².